The van der Waals surface area contributed by atoms with Crippen LogP contribution in [0.2, 0.25) is 0 Å². The van der Waals surface area contributed by atoms with Gasteiger partial charge in [-0.25, -0.2) is 13.4 Å². The van der Waals surface area contributed by atoms with Crippen LogP contribution in [0.25, 0.3) is 11.0 Å². The van der Waals surface area contributed by atoms with Gasteiger partial charge in [-0.3, -0.25) is 4.79 Å². The van der Waals surface area contributed by atoms with Crippen LogP contribution in [-0.4, -0.2) is 41.3 Å². The number of carbonyl (C=O) groups excluding carboxylic acids is 1. The minimum atomic E-state index is -3.56. The Balaban J connectivity index is 1.86. The van der Waals surface area contributed by atoms with Crippen LogP contribution in [0, 0.1) is 13.8 Å². The molecule has 178 valence electrons. The smallest absolute Gasteiger partial charge is 0.243 e. The number of hydrogen-bond donors (Lipinski definition) is 1. The summed E-state index contributed by atoms with van der Waals surface area (Å²) in [5.74, 6) is 0.730. The van der Waals surface area contributed by atoms with E-state index < -0.39 is 10.0 Å². The lowest BCUT2D eigenvalue weighted by molar-refractivity contribution is -0.116. The second-order valence-corrected chi connectivity index (χ2v) is 10.2. The average Bonchev–Trinajstić information content (AvgIpc) is 3.12. The molecule has 1 amide bonds. The van der Waals surface area contributed by atoms with Gasteiger partial charge in [-0.05, 0) is 49.6 Å². The monoisotopic (exact) mass is 470 g/mol. The predicted octanol–water partition coefficient (Wildman–Crippen LogP) is 4.66. The maximum absolute atomic E-state index is 12.9. The zero-order chi connectivity index (χ0) is 24.2. The summed E-state index contributed by atoms with van der Waals surface area (Å²) in [6.07, 6.45) is 1.68. The molecule has 1 aromatic heterocycles. The van der Waals surface area contributed by atoms with E-state index in [0.29, 0.717) is 31.4 Å². The third kappa shape index (κ3) is 5.28. The fraction of sp³-hybridized carbons (Fsp3) is 0.440. The molecule has 3 aromatic rings. The Hall–Kier alpha value is -2.71. The lowest BCUT2D eigenvalue weighted by atomic mass is 10.1. The SMILES string of the molecule is CCCn1c(CCC(=O)Nc2c(C)cccc2C)nc2cc(S(=O)(=O)N(CC)CC)ccc21. The number of benzene rings is 2. The van der Waals surface area contributed by atoms with E-state index in [2.05, 4.69) is 16.8 Å². The van der Waals surface area contributed by atoms with E-state index in [-0.39, 0.29) is 10.8 Å². The summed E-state index contributed by atoms with van der Waals surface area (Å²) < 4.78 is 29.4. The molecule has 0 aliphatic heterocycles. The topological polar surface area (TPSA) is 84.3 Å². The van der Waals surface area contributed by atoms with E-state index in [1.54, 1.807) is 12.1 Å². The maximum Gasteiger partial charge on any atom is 0.243 e. The largest absolute Gasteiger partial charge is 0.328 e. The van der Waals surface area contributed by atoms with Crippen LogP contribution in [0.15, 0.2) is 41.3 Å². The Bertz CT molecular complexity index is 1220. The lowest BCUT2D eigenvalue weighted by Gasteiger charge is -2.18. The highest BCUT2D eigenvalue weighted by Gasteiger charge is 2.23. The molecule has 0 aliphatic rings. The second kappa shape index (κ2) is 10.5. The van der Waals surface area contributed by atoms with Gasteiger partial charge in [-0.1, -0.05) is 39.0 Å². The number of anilines is 1. The van der Waals surface area contributed by atoms with E-state index in [1.165, 1.54) is 4.31 Å². The molecule has 0 saturated heterocycles. The lowest BCUT2D eigenvalue weighted by Crippen LogP contribution is -2.30. The summed E-state index contributed by atoms with van der Waals surface area (Å²) in [4.78, 5) is 17.6. The first-order chi connectivity index (χ1) is 15.7. The zero-order valence-corrected chi connectivity index (χ0v) is 21.0. The number of nitrogens with one attached hydrogen (secondary N) is 1. The molecular weight excluding hydrogens is 436 g/mol. The molecule has 33 heavy (non-hydrogen) atoms. The first kappa shape index (κ1) is 24.9. The molecule has 0 aliphatic carbocycles. The highest BCUT2D eigenvalue weighted by Crippen LogP contribution is 2.24. The summed E-state index contributed by atoms with van der Waals surface area (Å²) in [6, 6.07) is 11.1. The molecule has 8 heteroatoms. The van der Waals surface area contributed by atoms with Crippen molar-refractivity contribution in [1.29, 1.82) is 0 Å². The van der Waals surface area contributed by atoms with Crippen molar-refractivity contribution in [2.24, 2.45) is 0 Å². The van der Waals surface area contributed by atoms with Crippen LogP contribution in [0.3, 0.4) is 0 Å². The molecule has 3 rings (SSSR count). The molecule has 2 aromatic carbocycles. The maximum atomic E-state index is 12.9. The van der Waals surface area contributed by atoms with E-state index in [4.69, 9.17) is 4.98 Å². The van der Waals surface area contributed by atoms with E-state index in [1.807, 2.05) is 52.0 Å². The Kier molecular flexibility index (Phi) is 7.92. The number of rotatable bonds is 10. The molecule has 7 nitrogen and oxygen atoms in total. The number of hydrogen-bond acceptors (Lipinski definition) is 4. The first-order valence-corrected chi connectivity index (χ1v) is 13.0. The fourth-order valence-electron chi connectivity index (χ4n) is 4.14. The number of para-hydroxylation sites is 1. The van der Waals surface area contributed by atoms with Gasteiger partial charge in [-0.2, -0.15) is 4.31 Å². The van der Waals surface area contributed by atoms with E-state index >= 15 is 0 Å². The summed E-state index contributed by atoms with van der Waals surface area (Å²) in [5, 5.41) is 3.03. The number of amides is 1. The minimum absolute atomic E-state index is 0.0627. The molecule has 1 heterocycles. The quantitative estimate of drug-likeness (QED) is 0.467. The van der Waals surface area contributed by atoms with Crippen molar-refractivity contribution in [3.8, 4) is 0 Å². The van der Waals surface area contributed by atoms with Gasteiger partial charge in [0, 0.05) is 38.2 Å². The predicted molar refractivity (Wildman–Crippen MR) is 133 cm³/mol. The van der Waals surface area contributed by atoms with E-state index in [9.17, 15) is 13.2 Å². The molecule has 0 bridgehead atoms. The number of sulfonamides is 1. The highest BCUT2D eigenvalue weighted by molar-refractivity contribution is 7.89. The minimum Gasteiger partial charge on any atom is -0.328 e. The Morgan fingerprint density at radius 2 is 1.73 bits per heavy atom. The highest BCUT2D eigenvalue weighted by atomic mass is 32.2. The first-order valence-electron chi connectivity index (χ1n) is 11.6. The molecule has 0 atom stereocenters. The average molecular weight is 471 g/mol. The van der Waals surface area contributed by atoms with Gasteiger partial charge in [0.25, 0.3) is 0 Å². The van der Waals surface area contributed by atoms with Crippen LogP contribution >= 0.6 is 0 Å². The third-order valence-corrected chi connectivity index (χ3v) is 7.96. The molecular formula is C25H34N4O3S. The number of nitrogens with zero attached hydrogens (tertiary/aromatic N) is 3. The molecule has 0 fully saturated rings. The summed E-state index contributed by atoms with van der Waals surface area (Å²) in [7, 11) is -3.56. The Labute approximate surface area is 196 Å². The fourth-order valence-corrected chi connectivity index (χ4v) is 5.61. The van der Waals surface area contributed by atoms with Gasteiger partial charge >= 0.3 is 0 Å². The summed E-state index contributed by atoms with van der Waals surface area (Å²) in [6.45, 7) is 11.3. The molecule has 0 saturated carbocycles. The van der Waals surface area contributed by atoms with Crippen molar-refractivity contribution in [2.45, 2.75) is 65.3 Å². The van der Waals surface area contributed by atoms with Crippen molar-refractivity contribution >= 4 is 32.7 Å². The van der Waals surface area contributed by atoms with Crippen LogP contribution in [0.5, 0.6) is 0 Å². The standard InChI is InChI=1S/C25H34N4O3S/c1-6-16-29-22-13-12-20(33(31,32)28(7-2)8-3)17-21(22)26-23(29)14-15-24(30)27-25-18(4)10-9-11-19(25)5/h9-13,17H,6-8,14-16H2,1-5H3,(H,27,30). The molecule has 0 radical (unpaired) electrons. The van der Waals surface area contributed by atoms with Crippen molar-refractivity contribution in [3.63, 3.8) is 0 Å². The van der Waals surface area contributed by atoms with Crippen molar-refractivity contribution in [2.75, 3.05) is 18.4 Å². The number of aryl methyl sites for hydroxylation is 4. The van der Waals surface area contributed by atoms with Gasteiger partial charge in [0.05, 0.1) is 15.9 Å². The molecule has 0 unspecified atom stereocenters. The van der Waals surface area contributed by atoms with Gasteiger partial charge < -0.3 is 9.88 Å². The van der Waals surface area contributed by atoms with E-state index in [0.717, 1.165) is 41.1 Å². The summed E-state index contributed by atoms with van der Waals surface area (Å²) >= 11 is 0. The third-order valence-electron chi connectivity index (χ3n) is 5.91. The second-order valence-electron chi connectivity index (χ2n) is 8.23. The van der Waals surface area contributed by atoms with Gasteiger partial charge in [0.2, 0.25) is 15.9 Å². The zero-order valence-electron chi connectivity index (χ0n) is 20.2. The van der Waals surface area contributed by atoms with Crippen molar-refractivity contribution in [1.82, 2.24) is 13.9 Å². The number of carbonyl (C=O) groups is 1. The Morgan fingerprint density at radius 3 is 2.33 bits per heavy atom. The number of imidazole rings is 1. The molecule has 1 N–H and O–H groups in total. The van der Waals surface area contributed by atoms with Crippen LogP contribution < -0.4 is 5.32 Å². The number of aromatic nitrogens is 2. The number of fused-ring (bicyclic) bond motifs is 1. The normalized spacial score (nSPS) is 11.9. The van der Waals surface area contributed by atoms with Crippen molar-refractivity contribution in [3.05, 3.63) is 53.3 Å². The van der Waals surface area contributed by atoms with Crippen LogP contribution in [-0.2, 0) is 27.8 Å². The van der Waals surface area contributed by atoms with Gasteiger partial charge in [0.15, 0.2) is 0 Å². The summed E-state index contributed by atoms with van der Waals surface area (Å²) in [5.41, 5.74) is 4.45. The van der Waals surface area contributed by atoms with Crippen LogP contribution in [0.1, 0.15) is 50.6 Å². The van der Waals surface area contributed by atoms with Crippen molar-refractivity contribution < 1.29 is 13.2 Å². The molecule has 0 spiro atoms. The van der Waals surface area contributed by atoms with Gasteiger partial charge in [0.1, 0.15) is 5.82 Å². The van der Waals surface area contributed by atoms with Crippen LogP contribution in [0.4, 0.5) is 5.69 Å². The van der Waals surface area contributed by atoms with Gasteiger partial charge in [-0.15, -0.1) is 0 Å². The Morgan fingerprint density at radius 1 is 1.06 bits per heavy atom.